The van der Waals surface area contributed by atoms with Gasteiger partial charge in [-0.2, -0.15) is 16.9 Å². The maximum atomic E-state index is 11.9. The molecule has 0 bridgehead atoms. The lowest BCUT2D eigenvalue weighted by Crippen LogP contribution is -2.45. The maximum Gasteiger partial charge on any atom is 0.254 e. The summed E-state index contributed by atoms with van der Waals surface area (Å²) in [6.45, 7) is 3.04. The molecule has 0 aliphatic carbocycles. The summed E-state index contributed by atoms with van der Waals surface area (Å²) in [4.78, 5) is 11.9. The Labute approximate surface area is 111 Å². The van der Waals surface area contributed by atoms with E-state index in [0.717, 1.165) is 30.9 Å². The van der Waals surface area contributed by atoms with Crippen LogP contribution in [0.25, 0.3) is 0 Å². The van der Waals surface area contributed by atoms with E-state index in [1.54, 1.807) is 17.1 Å². The zero-order chi connectivity index (χ0) is 13.0. The molecule has 18 heavy (non-hydrogen) atoms. The predicted molar refractivity (Wildman–Crippen MR) is 71.7 cm³/mol. The van der Waals surface area contributed by atoms with Crippen LogP contribution in [0.3, 0.4) is 0 Å². The molecule has 0 aromatic carbocycles. The van der Waals surface area contributed by atoms with Crippen LogP contribution in [0, 0.1) is 0 Å². The topological polar surface area (TPSA) is 67.2 Å². The first-order valence-corrected chi connectivity index (χ1v) is 7.39. The van der Waals surface area contributed by atoms with E-state index in [-0.39, 0.29) is 5.91 Å². The van der Waals surface area contributed by atoms with E-state index < -0.39 is 5.60 Å². The van der Waals surface area contributed by atoms with Gasteiger partial charge in [-0.15, -0.1) is 0 Å². The Morgan fingerprint density at radius 2 is 2.33 bits per heavy atom. The fourth-order valence-electron chi connectivity index (χ4n) is 1.93. The van der Waals surface area contributed by atoms with Crippen LogP contribution in [-0.2, 0) is 6.54 Å². The highest BCUT2D eigenvalue weighted by atomic mass is 32.2. The molecule has 0 unspecified atom stereocenters. The summed E-state index contributed by atoms with van der Waals surface area (Å²) in [5.74, 6) is 1.75. The van der Waals surface area contributed by atoms with Crippen molar-refractivity contribution in [2.24, 2.45) is 0 Å². The first kappa shape index (κ1) is 13.4. The summed E-state index contributed by atoms with van der Waals surface area (Å²) in [6.07, 6.45) is 4.76. The number of nitrogens with one attached hydrogen (secondary N) is 1. The Balaban J connectivity index is 1.87. The number of aliphatic hydroxyl groups is 1. The first-order valence-electron chi connectivity index (χ1n) is 6.24. The molecule has 6 heteroatoms. The van der Waals surface area contributed by atoms with Gasteiger partial charge in [0.15, 0.2) is 0 Å². The fourth-order valence-corrected chi connectivity index (χ4v) is 3.18. The van der Waals surface area contributed by atoms with Crippen LogP contribution in [-0.4, -0.2) is 44.4 Å². The average Bonchev–Trinajstić information content (AvgIpc) is 2.86. The van der Waals surface area contributed by atoms with Gasteiger partial charge in [0, 0.05) is 19.3 Å². The zero-order valence-electron chi connectivity index (χ0n) is 10.6. The first-order chi connectivity index (χ1) is 8.63. The Hall–Kier alpha value is -1.01. The van der Waals surface area contributed by atoms with Crippen LogP contribution in [0.5, 0.6) is 0 Å². The normalized spacial score (nSPS) is 18.6. The van der Waals surface area contributed by atoms with E-state index in [9.17, 15) is 9.90 Å². The van der Waals surface area contributed by atoms with E-state index >= 15 is 0 Å². The number of carbonyl (C=O) groups excluding carboxylic acids is 1. The summed E-state index contributed by atoms with van der Waals surface area (Å²) >= 11 is 1.85. The standard InChI is InChI=1S/C12H19N3O2S/c1-2-15-8-10(7-14-15)11(16)13-9-12(17)3-5-18-6-4-12/h7-8,17H,2-6,9H2,1H3,(H,13,16). The highest BCUT2D eigenvalue weighted by molar-refractivity contribution is 7.99. The van der Waals surface area contributed by atoms with Crippen molar-refractivity contribution in [3.63, 3.8) is 0 Å². The summed E-state index contributed by atoms with van der Waals surface area (Å²) in [6, 6.07) is 0. The molecule has 1 fully saturated rings. The molecule has 0 radical (unpaired) electrons. The second kappa shape index (κ2) is 5.75. The minimum absolute atomic E-state index is 0.165. The van der Waals surface area contributed by atoms with Gasteiger partial charge in [0.2, 0.25) is 0 Å². The molecule has 100 valence electrons. The van der Waals surface area contributed by atoms with Gasteiger partial charge in [-0.05, 0) is 31.3 Å². The van der Waals surface area contributed by atoms with Crippen LogP contribution in [0.1, 0.15) is 30.1 Å². The Kier molecular flexibility index (Phi) is 4.29. The highest BCUT2D eigenvalue weighted by Crippen LogP contribution is 2.26. The number of hydrogen-bond donors (Lipinski definition) is 2. The molecule has 2 N–H and O–H groups in total. The van der Waals surface area contributed by atoms with Gasteiger partial charge >= 0.3 is 0 Å². The van der Waals surface area contributed by atoms with Crippen molar-refractivity contribution < 1.29 is 9.90 Å². The van der Waals surface area contributed by atoms with E-state index in [0.29, 0.717) is 12.1 Å². The molecule has 0 saturated carbocycles. The molecule has 0 atom stereocenters. The largest absolute Gasteiger partial charge is 0.388 e. The number of thioether (sulfide) groups is 1. The van der Waals surface area contributed by atoms with Crippen LogP contribution >= 0.6 is 11.8 Å². The molecule has 1 aromatic rings. The molecule has 1 aromatic heterocycles. The van der Waals surface area contributed by atoms with E-state index in [4.69, 9.17) is 0 Å². The molecule has 2 rings (SSSR count). The lowest BCUT2D eigenvalue weighted by atomic mass is 9.97. The lowest BCUT2D eigenvalue weighted by Gasteiger charge is -2.31. The van der Waals surface area contributed by atoms with Crippen molar-refractivity contribution in [3.05, 3.63) is 18.0 Å². The van der Waals surface area contributed by atoms with Gasteiger partial charge < -0.3 is 10.4 Å². The third-order valence-electron chi connectivity index (χ3n) is 3.22. The number of carbonyl (C=O) groups is 1. The van der Waals surface area contributed by atoms with Gasteiger partial charge in [0.1, 0.15) is 0 Å². The lowest BCUT2D eigenvalue weighted by molar-refractivity contribution is 0.0311. The minimum Gasteiger partial charge on any atom is -0.388 e. The van der Waals surface area contributed by atoms with E-state index in [2.05, 4.69) is 10.4 Å². The van der Waals surface area contributed by atoms with Crippen molar-refractivity contribution in [2.45, 2.75) is 31.9 Å². The number of hydrogen-bond acceptors (Lipinski definition) is 4. The summed E-state index contributed by atoms with van der Waals surface area (Å²) in [5, 5.41) is 17.1. The van der Waals surface area contributed by atoms with Gasteiger partial charge in [0.05, 0.1) is 17.4 Å². The number of aromatic nitrogens is 2. The monoisotopic (exact) mass is 269 g/mol. The summed E-state index contributed by atoms with van der Waals surface area (Å²) in [5.41, 5.74) is -0.188. The fraction of sp³-hybridized carbons (Fsp3) is 0.667. The van der Waals surface area contributed by atoms with E-state index in [1.165, 1.54) is 0 Å². The number of nitrogens with zero attached hydrogens (tertiary/aromatic N) is 2. The molecule has 5 nitrogen and oxygen atoms in total. The van der Waals surface area contributed by atoms with Gasteiger partial charge in [-0.3, -0.25) is 9.48 Å². The molecule has 1 saturated heterocycles. The number of rotatable bonds is 4. The third kappa shape index (κ3) is 3.26. The minimum atomic E-state index is -0.734. The second-order valence-electron chi connectivity index (χ2n) is 4.60. The smallest absolute Gasteiger partial charge is 0.254 e. The number of amides is 1. The second-order valence-corrected chi connectivity index (χ2v) is 5.83. The highest BCUT2D eigenvalue weighted by Gasteiger charge is 2.29. The zero-order valence-corrected chi connectivity index (χ0v) is 11.4. The molecular weight excluding hydrogens is 250 g/mol. The van der Waals surface area contributed by atoms with Gasteiger partial charge in [-0.1, -0.05) is 0 Å². The predicted octanol–water partition coefficient (Wildman–Crippen LogP) is 0.891. The SMILES string of the molecule is CCn1cc(C(=O)NCC2(O)CCSCC2)cn1. The molecule has 2 heterocycles. The van der Waals surface area contributed by atoms with Crippen molar-refractivity contribution >= 4 is 17.7 Å². The molecular formula is C12H19N3O2S. The summed E-state index contributed by atoms with van der Waals surface area (Å²) in [7, 11) is 0. The van der Waals surface area contributed by atoms with Crippen molar-refractivity contribution in [1.82, 2.24) is 15.1 Å². The Morgan fingerprint density at radius 3 is 2.94 bits per heavy atom. The third-order valence-corrected chi connectivity index (χ3v) is 4.21. The Morgan fingerprint density at radius 1 is 1.61 bits per heavy atom. The molecule has 1 amide bonds. The number of aryl methyl sites for hydroxylation is 1. The van der Waals surface area contributed by atoms with Crippen molar-refractivity contribution in [3.8, 4) is 0 Å². The molecule has 1 aliphatic rings. The van der Waals surface area contributed by atoms with Crippen LogP contribution in [0.15, 0.2) is 12.4 Å². The van der Waals surface area contributed by atoms with Crippen LogP contribution < -0.4 is 5.32 Å². The van der Waals surface area contributed by atoms with Crippen molar-refractivity contribution in [1.29, 1.82) is 0 Å². The van der Waals surface area contributed by atoms with Gasteiger partial charge in [-0.25, -0.2) is 0 Å². The maximum absolute atomic E-state index is 11.9. The average molecular weight is 269 g/mol. The Bertz CT molecular complexity index is 413. The van der Waals surface area contributed by atoms with Crippen molar-refractivity contribution in [2.75, 3.05) is 18.1 Å². The summed E-state index contributed by atoms with van der Waals surface area (Å²) < 4.78 is 1.71. The quantitative estimate of drug-likeness (QED) is 0.852. The van der Waals surface area contributed by atoms with Gasteiger partial charge in [0.25, 0.3) is 5.91 Å². The van der Waals surface area contributed by atoms with Crippen LogP contribution in [0.2, 0.25) is 0 Å². The van der Waals surface area contributed by atoms with E-state index in [1.807, 2.05) is 18.7 Å². The molecule has 0 spiro atoms. The molecule has 1 aliphatic heterocycles. The van der Waals surface area contributed by atoms with Crippen LogP contribution in [0.4, 0.5) is 0 Å².